The molecular weight excluding hydrogens is 320 g/mol. The lowest BCUT2D eigenvalue weighted by molar-refractivity contribution is 0.0933. The van der Waals surface area contributed by atoms with E-state index in [4.69, 9.17) is 0 Å². The molecule has 0 spiro atoms. The van der Waals surface area contributed by atoms with Crippen LogP contribution in [0.4, 0.5) is 0 Å². The molecule has 2 aromatic carbocycles. The third-order valence-corrected chi connectivity index (χ3v) is 3.90. The van der Waals surface area contributed by atoms with E-state index in [0.29, 0.717) is 0 Å². The lowest BCUT2D eigenvalue weighted by Crippen LogP contribution is -2.30. The number of nitrogens with one attached hydrogen (secondary N) is 4. The van der Waals surface area contributed by atoms with Gasteiger partial charge in [-0.05, 0) is 23.3 Å². The van der Waals surface area contributed by atoms with Crippen LogP contribution in [0.1, 0.15) is 27.8 Å². The van der Waals surface area contributed by atoms with Crippen LogP contribution in [-0.4, -0.2) is 31.1 Å². The number of imidazole rings is 1. The van der Waals surface area contributed by atoms with Crippen molar-refractivity contribution in [1.29, 1.82) is 0 Å². The van der Waals surface area contributed by atoms with Gasteiger partial charge >= 0.3 is 5.69 Å². The topological polar surface area (TPSA) is 119 Å². The van der Waals surface area contributed by atoms with Crippen molar-refractivity contribution in [1.82, 2.24) is 30.5 Å². The van der Waals surface area contributed by atoms with Crippen molar-refractivity contribution in [2.24, 2.45) is 0 Å². The van der Waals surface area contributed by atoms with Crippen LogP contribution in [0, 0.1) is 0 Å². The highest BCUT2D eigenvalue weighted by Gasteiger charge is 2.20. The van der Waals surface area contributed by atoms with E-state index in [0.717, 1.165) is 22.2 Å². The molecule has 1 atom stereocenters. The summed E-state index contributed by atoms with van der Waals surface area (Å²) in [6.45, 7) is 0. The second kappa shape index (κ2) is 6.08. The third-order valence-electron chi connectivity index (χ3n) is 3.90. The zero-order chi connectivity index (χ0) is 17.2. The predicted octanol–water partition coefficient (Wildman–Crippen LogP) is 1.49. The zero-order valence-electron chi connectivity index (χ0n) is 13.0. The highest BCUT2D eigenvalue weighted by molar-refractivity contribution is 5.91. The van der Waals surface area contributed by atoms with Gasteiger partial charge in [0.2, 0.25) is 5.82 Å². The minimum atomic E-state index is -0.528. The maximum Gasteiger partial charge on any atom is 0.341 e. The van der Waals surface area contributed by atoms with Gasteiger partial charge in [0.1, 0.15) is 0 Å². The average Bonchev–Trinajstić information content (AvgIpc) is 3.28. The molecule has 0 aliphatic heterocycles. The number of hydrogen-bond donors (Lipinski definition) is 4. The summed E-state index contributed by atoms with van der Waals surface area (Å²) in [5.74, 6) is -0.537. The van der Waals surface area contributed by atoms with Crippen molar-refractivity contribution in [2.45, 2.75) is 6.04 Å². The Morgan fingerprint density at radius 1 is 1.08 bits per heavy atom. The summed E-state index contributed by atoms with van der Waals surface area (Å²) in [6.07, 6.45) is 1.62. The van der Waals surface area contributed by atoms with Gasteiger partial charge in [-0.25, -0.2) is 14.9 Å². The average molecular weight is 334 g/mol. The molecule has 1 amide bonds. The smallest absolute Gasteiger partial charge is 0.341 e. The molecule has 25 heavy (non-hydrogen) atoms. The Balaban J connectivity index is 1.73. The number of rotatable bonds is 4. The van der Waals surface area contributed by atoms with Gasteiger partial charge in [-0.3, -0.25) is 9.78 Å². The van der Waals surface area contributed by atoms with Crippen LogP contribution in [0.15, 0.2) is 59.7 Å². The van der Waals surface area contributed by atoms with Crippen LogP contribution in [0.5, 0.6) is 0 Å². The van der Waals surface area contributed by atoms with Crippen LogP contribution >= 0.6 is 0 Å². The Morgan fingerprint density at radius 3 is 2.68 bits per heavy atom. The van der Waals surface area contributed by atoms with E-state index >= 15 is 0 Å². The van der Waals surface area contributed by atoms with Crippen LogP contribution in [0.25, 0.3) is 11.0 Å². The number of H-pyrrole nitrogens is 3. The molecule has 0 bridgehead atoms. The summed E-state index contributed by atoms with van der Waals surface area (Å²) in [6, 6.07) is 14.9. The van der Waals surface area contributed by atoms with Crippen LogP contribution < -0.4 is 11.0 Å². The molecular formula is C17H14N6O2. The Hall–Kier alpha value is -3.68. The Morgan fingerprint density at radius 2 is 1.92 bits per heavy atom. The minimum Gasteiger partial charge on any atom is -0.345 e. The van der Waals surface area contributed by atoms with Crippen molar-refractivity contribution in [3.63, 3.8) is 0 Å². The number of hydrogen-bond acceptors (Lipinski definition) is 4. The maximum atomic E-state index is 12.4. The first-order valence-electron chi connectivity index (χ1n) is 7.64. The standard InChI is InChI=1S/C17H14N6O2/c24-16(15-21-17(25)23-22-15)20-14(10-4-2-1-3-5-10)11-6-7-12-13(8-11)19-9-18-12/h1-9,14H,(H,18,19)(H,20,24)(H2,21,22,23,25). The normalized spacial score (nSPS) is 12.2. The van der Waals surface area contributed by atoms with Gasteiger partial charge in [0.15, 0.2) is 0 Å². The Labute approximate surface area is 141 Å². The maximum absolute atomic E-state index is 12.4. The van der Waals surface area contributed by atoms with Gasteiger partial charge < -0.3 is 10.3 Å². The molecule has 0 aliphatic rings. The van der Waals surface area contributed by atoms with Gasteiger partial charge in [-0.1, -0.05) is 36.4 Å². The summed E-state index contributed by atoms with van der Waals surface area (Å²) in [4.78, 5) is 33.2. The summed E-state index contributed by atoms with van der Waals surface area (Å²) >= 11 is 0. The predicted molar refractivity (Wildman–Crippen MR) is 91.1 cm³/mol. The fraction of sp³-hybridized carbons (Fsp3) is 0.0588. The van der Waals surface area contributed by atoms with Gasteiger partial charge in [0, 0.05) is 0 Å². The largest absolute Gasteiger partial charge is 0.345 e. The molecule has 4 rings (SSSR count). The molecule has 8 heteroatoms. The number of fused-ring (bicyclic) bond motifs is 1. The van der Waals surface area contributed by atoms with Gasteiger partial charge in [-0.15, -0.1) is 5.10 Å². The Bertz CT molecular complexity index is 1080. The van der Waals surface area contributed by atoms with Crippen LogP contribution in [0.2, 0.25) is 0 Å². The van der Waals surface area contributed by atoms with Gasteiger partial charge in [-0.2, -0.15) is 0 Å². The molecule has 4 aromatic rings. The SMILES string of the molecule is O=C(NC(c1ccccc1)c1ccc2nc[nH]c2c1)c1n[nH]c(=O)[nH]1. The van der Waals surface area contributed by atoms with Gasteiger partial charge in [0.05, 0.1) is 23.4 Å². The Kier molecular flexibility index (Phi) is 3.62. The van der Waals surface area contributed by atoms with E-state index in [2.05, 4.69) is 30.5 Å². The van der Waals surface area contributed by atoms with Crippen molar-refractivity contribution in [2.75, 3.05) is 0 Å². The molecule has 8 nitrogen and oxygen atoms in total. The quantitative estimate of drug-likeness (QED) is 0.452. The number of benzene rings is 2. The molecule has 0 radical (unpaired) electrons. The third kappa shape index (κ3) is 2.92. The van der Waals surface area contributed by atoms with E-state index in [1.807, 2.05) is 48.5 Å². The lowest BCUT2D eigenvalue weighted by Gasteiger charge is -2.19. The molecule has 4 N–H and O–H groups in total. The first kappa shape index (κ1) is 14.9. The van der Waals surface area contributed by atoms with E-state index in [1.54, 1.807) is 6.33 Å². The monoisotopic (exact) mass is 334 g/mol. The summed E-state index contributed by atoms with van der Waals surface area (Å²) in [5.41, 5.74) is 2.99. The summed E-state index contributed by atoms with van der Waals surface area (Å²) in [5, 5.41) is 8.77. The molecule has 2 aromatic heterocycles. The molecule has 0 aliphatic carbocycles. The van der Waals surface area contributed by atoms with Crippen LogP contribution in [-0.2, 0) is 0 Å². The van der Waals surface area contributed by atoms with Crippen LogP contribution in [0.3, 0.4) is 0 Å². The van der Waals surface area contributed by atoms with E-state index in [1.165, 1.54) is 0 Å². The summed E-state index contributed by atoms with van der Waals surface area (Å²) < 4.78 is 0. The minimum absolute atomic E-state index is 0.0615. The van der Waals surface area contributed by atoms with E-state index < -0.39 is 17.6 Å². The second-order valence-corrected chi connectivity index (χ2v) is 5.52. The highest BCUT2D eigenvalue weighted by Crippen LogP contribution is 2.24. The molecule has 0 saturated carbocycles. The molecule has 2 heterocycles. The first-order valence-corrected chi connectivity index (χ1v) is 7.64. The van der Waals surface area contributed by atoms with E-state index in [9.17, 15) is 9.59 Å². The van der Waals surface area contributed by atoms with Crippen molar-refractivity contribution in [3.8, 4) is 0 Å². The van der Waals surface area contributed by atoms with E-state index in [-0.39, 0.29) is 5.82 Å². The van der Waals surface area contributed by atoms with Gasteiger partial charge in [0.25, 0.3) is 5.91 Å². The van der Waals surface area contributed by atoms with Crippen molar-refractivity contribution < 1.29 is 4.79 Å². The summed E-state index contributed by atoms with van der Waals surface area (Å²) in [7, 11) is 0. The van der Waals surface area contributed by atoms with Crippen molar-refractivity contribution >= 4 is 16.9 Å². The number of carbonyl (C=O) groups excluding carboxylic acids is 1. The first-order chi connectivity index (χ1) is 12.2. The highest BCUT2D eigenvalue weighted by atomic mass is 16.2. The van der Waals surface area contributed by atoms with Crippen molar-refractivity contribution in [3.05, 3.63) is 82.3 Å². The fourth-order valence-electron chi connectivity index (χ4n) is 2.71. The number of aromatic nitrogens is 5. The number of aromatic amines is 3. The molecule has 0 fully saturated rings. The number of amides is 1. The molecule has 0 saturated heterocycles. The lowest BCUT2D eigenvalue weighted by atomic mass is 9.98. The molecule has 124 valence electrons. The molecule has 1 unspecified atom stereocenters. The number of nitrogens with zero attached hydrogens (tertiary/aromatic N) is 2. The second-order valence-electron chi connectivity index (χ2n) is 5.52. The number of carbonyl (C=O) groups is 1. The zero-order valence-corrected chi connectivity index (χ0v) is 13.0. The fourth-order valence-corrected chi connectivity index (χ4v) is 2.71.